The number of aliphatic imine (C=N–C) groups is 1. The van der Waals surface area contributed by atoms with Gasteiger partial charge in [-0.2, -0.15) is 0 Å². The quantitative estimate of drug-likeness (QED) is 0.833. The second-order valence-corrected chi connectivity index (χ2v) is 7.66. The zero-order valence-electron chi connectivity index (χ0n) is 16.3. The van der Waals surface area contributed by atoms with Crippen LogP contribution in [0.25, 0.3) is 0 Å². The van der Waals surface area contributed by atoms with Crippen LogP contribution < -0.4 is 15.5 Å². The van der Waals surface area contributed by atoms with Crippen molar-refractivity contribution in [1.29, 1.82) is 0 Å². The summed E-state index contributed by atoms with van der Waals surface area (Å²) in [5.74, 6) is -0.619. The van der Waals surface area contributed by atoms with Crippen LogP contribution in [-0.4, -0.2) is 36.8 Å². The number of anilines is 2. The molecule has 2 aromatic rings. The van der Waals surface area contributed by atoms with Crippen LogP contribution in [0.5, 0.6) is 0 Å². The molecule has 0 atom stereocenters. The van der Waals surface area contributed by atoms with Crippen LogP contribution in [-0.2, 0) is 4.79 Å². The Bertz CT molecular complexity index is 963. The van der Waals surface area contributed by atoms with Crippen molar-refractivity contribution in [2.24, 2.45) is 4.99 Å². The van der Waals surface area contributed by atoms with E-state index in [4.69, 9.17) is 0 Å². The molecule has 0 aliphatic carbocycles. The number of fused-ring (bicyclic) bond motifs is 1. The third-order valence-electron chi connectivity index (χ3n) is 4.23. The van der Waals surface area contributed by atoms with Crippen LogP contribution in [0.2, 0.25) is 0 Å². The molecular weight excluding hydrogens is 359 g/mol. The molecule has 0 unspecified atom stereocenters. The second kappa shape index (κ2) is 7.42. The van der Waals surface area contributed by atoms with Gasteiger partial charge in [0.2, 0.25) is 5.91 Å². The number of hydrogen-bond acceptors (Lipinski definition) is 3. The van der Waals surface area contributed by atoms with Gasteiger partial charge in [-0.3, -0.25) is 9.79 Å². The molecule has 0 saturated heterocycles. The lowest BCUT2D eigenvalue weighted by Gasteiger charge is -2.22. The number of nitrogens with one attached hydrogen (secondary N) is 2. The molecule has 0 aromatic heterocycles. The first-order valence-corrected chi connectivity index (χ1v) is 8.95. The van der Waals surface area contributed by atoms with Gasteiger partial charge in [0.25, 0.3) is 0 Å². The van der Waals surface area contributed by atoms with Crippen LogP contribution in [0.15, 0.2) is 47.5 Å². The highest BCUT2D eigenvalue weighted by molar-refractivity contribution is 6.20. The van der Waals surface area contributed by atoms with Crippen molar-refractivity contribution in [3.63, 3.8) is 0 Å². The number of benzodiazepines with no additional fused rings is 1. The number of hydrogen-bond donors (Lipinski definition) is 2. The normalized spacial score (nSPS) is 14.1. The van der Waals surface area contributed by atoms with Gasteiger partial charge in [-0.05, 0) is 51.1 Å². The summed E-state index contributed by atoms with van der Waals surface area (Å²) in [4.78, 5) is 30.4. The molecule has 146 valence electrons. The van der Waals surface area contributed by atoms with Gasteiger partial charge in [-0.25, -0.2) is 9.18 Å². The number of nitrogens with zero attached hydrogens (tertiary/aromatic N) is 2. The van der Waals surface area contributed by atoms with Crippen molar-refractivity contribution in [3.05, 3.63) is 59.4 Å². The molecule has 0 spiro atoms. The number of urea groups is 1. The molecule has 1 aliphatic heterocycles. The third-order valence-corrected chi connectivity index (χ3v) is 4.23. The molecule has 0 saturated carbocycles. The van der Waals surface area contributed by atoms with E-state index in [2.05, 4.69) is 15.6 Å². The number of carbonyl (C=O) groups is 2. The Balaban J connectivity index is 2.05. The van der Waals surface area contributed by atoms with Gasteiger partial charge < -0.3 is 15.5 Å². The molecule has 0 fully saturated rings. The molecule has 6 nitrogen and oxygen atoms in total. The molecule has 3 amide bonds. The average molecular weight is 382 g/mol. The fourth-order valence-electron chi connectivity index (χ4n) is 2.95. The minimum absolute atomic E-state index is 0.0812. The third kappa shape index (κ3) is 4.19. The van der Waals surface area contributed by atoms with E-state index in [0.29, 0.717) is 28.2 Å². The smallest absolute Gasteiger partial charge is 0.319 e. The van der Waals surface area contributed by atoms with E-state index in [9.17, 15) is 14.0 Å². The summed E-state index contributed by atoms with van der Waals surface area (Å²) in [6.07, 6.45) is 0. The molecule has 2 aromatic carbocycles. The van der Waals surface area contributed by atoms with Crippen LogP contribution in [0.3, 0.4) is 0 Å². The molecule has 2 N–H and O–H groups in total. The van der Waals surface area contributed by atoms with Crippen LogP contribution >= 0.6 is 0 Å². The molecule has 7 heteroatoms. The first kappa shape index (κ1) is 19.5. The molecular formula is C21H23FN4O2. The Kier molecular flexibility index (Phi) is 5.18. The zero-order valence-corrected chi connectivity index (χ0v) is 16.3. The van der Waals surface area contributed by atoms with Crippen molar-refractivity contribution >= 4 is 29.0 Å². The van der Waals surface area contributed by atoms with Crippen molar-refractivity contribution < 1.29 is 14.0 Å². The van der Waals surface area contributed by atoms with Crippen LogP contribution in [0, 0.1) is 5.82 Å². The van der Waals surface area contributed by atoms with Crippen LogP contribution in [0.4, 0.5) is 20.6 Å². The number of likely N-dealkylation sites (N-methyl/N-ethyl adjacent to an activating group) is 1. The summed E-state index contributed by atoms with van der Waals surface area (Å²) in [6.45, 7) is 5.56. The first-order valence-electron chi connectivity index (χ1n) is 8.95. The van der Waals surface area contributed by atoms with Crippen molar-refractivity contribution in [2.75, 3.05) is 23.8 Å². The maximum absolute atomic E-state index is 14.4. The minimum Gasteiger partial charge on any atom is -0.333 e. The fourth-order valence-corrected chi connectivity index (χ4v) is 2.95. The Hall–Kier alpha value is -3.22. The van der Waals surface area contributed by atoms with Gasteiger partial charge in [0.05, 0.1) is 11.4 Å². The van der Waals surface area contributed by atoms with Gasteiger partial charge in [-0.15, -0.1) is 0 Å². The highest BCUT2D eigenvalue weighted by Gasteiger charge is 2.24. The van der Waals surface area contributed by atoms with E-state index < -0.39 is 5.82 Å². The zero-order chi connectivity index (χ0) is 20.5. The molecule has 0 bridgehead atoms. The van der Waals surface area contributed by atoms with Crippen LogP contribution in [0.1, 0.15) is 31.9 Å². The summed E-state index contributed by atoms with van der Waals surface area (Å²) >= 11 is 0. The van der Waals surface area contributed by atoms with E-state index >= 15 is 0 Å². The monoisotopic (exact) mass is 382 g/mol. The molecule has 28 heavy (non-hydrogen) atoms. The number of amides is 3. The number of halogens is 1. The van der Waals surface area contributed by atoms with E-state index in [-0.39, 0.29) is 24.0 Å². The van der Waals surface area contributed by atoms with Crippen molar-refractivity contribution in [2.45, 2.75) is 26.3 Å². The van der Waals surface area contributed by atoms with E-state index in [1.165, 1.54) is 11.0 Å². The Morgan fingerprint density at radius 2 is 1.86 bits per heavy atom. The number of carbonyl (C=O) groups excluding carboxylic acids is 2. The molecule has 0 radical (unpaired) electrons. The highest BCUT2D eigenvalue weighted by atomic mass is 19.1. The summed E-state index contributed by atoms with van der Waals surface area (Å²) in [5.41, 5.74) is 2.00. The number of benzene rings is 2. The maximum atomic E-state index is 14.4. The lowest BCUT2D eigenvalue weighted by atomic mass is 9.99. The van der Waals surface area contributed by atoms with E-state index in [1.807, 2.05) is 20.8 Å². The summed E-state index contributed by atoms with van der Waals surface area (Å²) in [5, 5.41) is 5.60. The van der Waals surface area contributed by atoms with Crippen molar-refractivity contribution in [1.82, 2.24) is 5.32 Å². The Labute approximate surface area is 163 Å². The van der Waals surface area contributed by atoms with E-state index in [0.717, 1.165) is 0 Å². The fraction of sp³-hybridized carbons (Fsp3) is 0.286. The first-order chi connectivity index (χ1) is 13.2. The maximum Gasteiger partial charge on any atom is 0.319 e. The Morgan fingerprint density at radius 3 is 2.54 bits per heavy atom. The standard InChI is InChI=1S/C21H23FN4O2/c1-21(2,3)25-20(28)24-13-9-10-17-15(11-13)19(23-12-18(27)26(17)4)14-7-5-6-8-16(14)22/h5-11H,12H2,1-4H3,(H2,24,25,28). The number of rotatable bonds is 2. The Morgan fingerprint density at radius 1 is 1.14 bits per heavy atom. The van der Waals surface area contributed by atoms with Gasteiger partial charge in [-0.1, -0.05) is 12.1 Å². The minimum atomic E-state index is -0.423. The van der Waals surface area contributed by atoms with Crippen molar-refractivity contribution in [3.8, 4) is 0 Å². The van der Waals surface area contributed by atoms with Gasteiger partial charge in [0, 0.05) is 29.4 Å². The van der Waals surface area contributed by atoms with Gasteiger partial charge in [0.1, 0.15) is 12.4 Å². The van der Waals surface area contributed by atoms with Gasteiger partial charge >= 0.3 is 6.03 Å². The topological polar surface area (TPSA) is 73.8 Å². The summed E-state index contributed by atoms with van der Waals surface area (Å²) in [6, 6.07) is 11.1. The molecule has 1 heterocycles. The largest absolute Gasteiger partial charge is 0.333 e. The SMILES string of the molecule is CN1C(=O)CN=C(c2ccccc2F)c2cc(NC(=O)NC(C)(C)C)ccc21. The molecule has 3 rings (SSSR count). The summed E-state index contributed by atoms with van der Waals surface area (Å²) < 4.78 is 14.4. The van der Waals surface area contributed by atoms with E-state index in [1.54, 1.807) is 43.4 Å². The predicted molar refractivity (Wildman–Crippen MR) is 109 cm³/mol. The average Bonchev–Trinajstić information content (AvgIpc) is 2.72. The van der Waals surface area contributed by atoms with Gasteiger partial charge in [0.15, 0.2) is 0 Å². The summed E-state index contributed by atoms with van der Waals surface area (Å²) in [7, 11) is 1.65. The lowest BCUT2D eigenvalue weighted by Crippen LogP contribution is -2.43. The predicted octanol–water partition coefficient (Wildman–Crippen LogP) is 3.56. The second-order valence-electron chi connectivity index (χ2n) is 7.66. The molecule has 1 aliphatic rings. The lowest BCUT2D eigenvalue weighted by molar-refractivity contribution is -0.116. The highest BCUT2D eigenvalue weighted by Crippen LogP contribution is 2.29.